The first-order chi connectivity index (χ1) is 26.8. The Balaban J connectivity index is 1.13. The maximum atomic E-state index is 12.9. The number of esters is 1. The fourth-order valence-corrected chi connectivity index (χ4v) is 7.27. The molecule has 6 rings (SSSR count). The maximum Gasteiger partial charge on any atom is 0.328 e. The standard InChI is InChI=1S/C44H45N3O7S/c1-29(49)46-37-18-20-39(21-19-37)55-28-38-25-41(33-16-14-31(27-48)15-17-33)54-43(53-38)36-13-7-12-35(24-36)34-11-6-10-32(22-34)26-45-44(51)47-40(42(50)52-2)23-30-8-4-3-5-9-30/h3-22,24,38,40-41,43,48H,23,25-28H2,1-2H3,(H,46,49)(H2,45,47,51)/t38-,40+,41+,43+/m1/s1. The number of methoxy groups -OCH3 is 1. The van der Waals surface area contributed by atoms with Gasteiger partial charge < -0.3 is 35.3 Å². The van der Waals surface area contributed by atoms with Gasteiger partial charge >= 0.3 is 12.0 Å². The van der Waals surface area contributed by atoms with Crippen molar-refractivity contribution in [1.29, 1.82) is 0 Å². The van der Waals surface area contributed by atoms with Gasteiger partial charge in [0.25, 0.3) is 0 Å². The first-order valence-corrected chi connectivity index (χ1v) is 19.1. The van der Waals surface area contributed by atoms with Gasteiger partial charge in [-0.25, -0.2) is 9.59 Å². The highest BCUT2D eigenvalue weighted by Gasteiger charge is 2.32. The number of rotatable bonds is 14. The zero-order chi connectivity index (χ0) is 38.6. The molecule has 1 aliphatic heterocycles. The summed E-state index contributed by atoms with van der Waals surface area (Å²) in [7, 11) is 1.30. The number of aliphatic hydroxyl groups excluding tert-OH is 1. The molecule has 11 heteroatoms. The third-order valence-corrected chi connectivity index (χ3v) is 10.3. The van der Waals surface area contributed by atoms with Crippen molar-refractivity contribution in [1.82, 2.24) is 10.6 Å². The molecule has 0 saturated carbocycles. The fraction of sp³-hybridized carbons (Fsp3) is 0.250. The van der Waals surface area contributed by atoms with Crippen LogP contribution in [0.2, 0.25) is 0 Å². The minimum atomic E-state index is -0.828. The lowest BCUT2D eigenvalue weighted by Crippen LogP contribution is -2.47. The molecule has 4 atom stereocenters. The van der Waals surface area contributed by atoms with Gasteiger partial charge in [-0.05, 0) is 69.8 Å². The topological polar surface area (TPSA) is 135 Å². The number of carbonyl (C=O) groups excluding carboxylic acids is 3. The number of ether oxygens (including phenoxy) is 3. The average molecular weight is 760 g/mol. The number of aliphatic hydroxyl groups is 1. The summed E-state index contributed by atoms with van der Waals surface area (Å²) in [6, 6.07) is 39.7. The molecule has 1 aliphatic rings. The third-order valence-electron chi connectivity index (χ3n) is 9.17. The van der Waals surface area contributed by atoms with Crippen molar-refractivity contribution >= 4 is 35.4 Å². The van der Waals surface area contributed by atoms with E-state index in [1.54, 1.807) is 11.8 Å². The van der Waals surface area contributed by atoms with E-state index in [0.717, 1.165) is 49.5 Å². The van der Waals surface area contributed by atoms with Gasteiger partial charge in [-0.15, -0.1) is 11.8 Å². The average Bonchev–Trinajstić information content (AvgIpc) is 3.22. The molecule has 0 unspecified atom stereocenters. The van der Waals surface area contributed by atoms with E-state index in [0.29, 0.717) is 18.6 Å². The zero-order valence-corrected chi connectivity index (χ0v) is 31.6. The van der Waals surface area contributed by atoms with Crippen molar-refractivity contribution in [3.63, 3.8) is 0 Å². The molecule has 4 N–H and O–H groups in total. The summed E-state index contributed by atoms with van der Waals surface area (Å²) in [5.74, 6) is 0.0665. The van der Waals surface area contributed by atoms with Gasteiger partial charge in [0.15, 0.2) is 6.29 Å². The summed E-state index contributed by atoms with van der Waals surface area (Å²) in [5.41, 5.74) is 7.18. The highest BCUT2D eigenvalue weighted by atomic mass is 32.2. The van der Waals surface area contributed by atoms with Crippen LogP contribution in [0.3, 0.4) is 0 Å². The Bertz CT molecular complexity index is 2040. The van der Waals surface area contributed by atoms with Gasteiger partial charge in [0, 0.05) is 48.2 Å². The minimum Gasteiger partial charge on any atom is -0.467 e. The molecule has 284 valence electrons. The monoisotopic (exact) mass is 759 g/mol. The number of benzene rings is 5. The second-order valence-corrected chi connectivity index (χ2v) is 14.4. The Labute approximate surface area is 325 Å². The first-order valence-electron chi connectivity index (χ1n) is 18.1. The van der Waals surface area contributed by atoms with Gasteiger partial charge in [-0.3, -0.25) is 4.79 Å². The van der Waals surface area contributed by atoms with Crippen molar-refractivity contribution < 1.29 is 33.7 Å². The van der Waals surface area contributed by atoms with Crippen LogP contribution < -0.4 is 16.0 Å². The van der Waals surface area contributed by atoms with E-state index in [-0.39, 0.29) is 31.3 Å². The molecule has 0 aromatic heterocycles. The van der Waals surface area contributed by atoms with Crippen molar-refractivity contribution in [2.45, 2.75) is 62.4 Å². The lowest BCUT2D eigenvalue weighted by atomic mass is 9.99. The summed E-state index contributed by atoms with van der Waals surface area (Å²) in [6.07, 6.45) is -0.0177. The van der Waals surface area contributed by atoms with Crippen LogP contribution in [-0.4, -0.2) is 48.0 Å². The smallest absolute Gasteiger partial charge is 0.328 e. The number of nitrogens with one attached hydrogen (secondary N) is 3. The number of urea groups is 1. The Hall–Kier alpha value is -5.46. The molecule has 0 aliphatic carbocycles. The molecule has 3 amide bonds. The molecule has 0 spiro atoms. The number of hydrogen-bond acceptors (Lipinski definition) is 8. The molecule has 0 bridgehead atoms. The number of hydrogen-bond donors (Lipinski definition) is 4. The van der Waals surface area contributed by atoms with Crippen LogP contribution in [0.5, 0.6) is 0 Å². The summed E-state index contributed by atoms with van der Waals surface area (Å²) in [5, 5.41) is 18.0. The van der Waals surface area contributed by atoms with E-state index < -0.39 is 24.3 Å². The van der Waals surface area contributed by atoms with E-state index in [9.17, 15) is 19.5 Å². The van der Waals surface area contributed by atoms with Gasteiger partial charge in [0.2, 0.25) is 5.91 Å². The van der Waals surface area contributed by atoms with Crippen LogP contribution in [0, 0.1) is 0 Å². The van der Waals surface area contributed by atoms with Crippen molar-refractivity contribution in [2.24, 2.45) is 0 Å². The SMILES string of the molecule is COC(=O)[C@H](Cc1ccccc1)NC(=O)NCc1cccc(-c2cccc([C@H]3O[C@@H](CSc4ccc(NC(C)=O)cc4)C[C@@H](c4ccc(CO)cc4)O3)c2)c1. The third kappa shape index (κ3) is 11.3. The van der Waals surface area contributed by atoms with Gasteiger partial charge in [0.1, 0.15) is 6.04 Å². The highest BCUT2D eigenvalue weighted by Crippen LogP contribution is 2.40. The van der Waals surface area contributed by atoms with Gasteiger partial charge in [-0.1, -0.05) is 91.0 Å². The molecule has 1 saturated heterocycles. The van der Waals surface area contributed by atoms with E-state index in [4.69, 9.17) is 14.2 Å². The molecule has 10 nitrogen and oxygen atoms in total. The second kappa shape index (κ2) is 19.2. The Morgan fingerprint density at radius 2 is 1.51 bits per heavy atom. The molecule has 5 aromatic carbocycles. The molecule has 5 aromatic rings. The largest absolute Gasteiger partial charge is 0.467 e. The van der Waals surface area contributed by atoms with Crippen LogP contribution >= 0.6 is 11.8 Å². The Kier molecular flexibility index (Phi) is 13.7. The Morgan fingerprint density at radius 3 is 2.22 bits per heavy atom. The highest BCUT2D eigenvalue weighted by molar-refractivity contribution is 7.99. The lowest BCUT2D eigenvalue weighted by molar-refractivity contribution is -0.245. The van der Waals surface area contributed by atoms with Crippen LogP contribution in [0.1, 0.15) is 53.6 Å². The minimum absolute atomic E-state index is 0.0284. The molecule has 55 heavy (non-hydrogen) atoms. The van der Waals surface area contributed by atoms with Gasteiger partial charge in [-0.2, -0.15) is 0 Å². The molecule has 1 fully saturated rings. The van der Waals surface area contributed by atoms with E-state index in [1.807, 2.05) is 121 Å². The molecular formula is C44H45N3O7S. The summed E-state index contributed by atoms with van der Waals surface area (Å²) < 4.78 is 18.2. The van der Waals surface area contributed by atoms with Crippen molar-refractivity contribution in [3.8, 4) is 11.1 Å². The zero-order valence-electron chi connectivity index (χ0n) is 30.8. The van der Waals surface area contributed by atoms with Crippen molar-refractivity contribution in [2.75, 3.05) is 18.2 Å². The number of thioether (sulfide) groups is 1. The quantitative estimate of drug-likeness (QED) is 0.0668. The number of anilines is 1. The molecule has 1 heterocycles. The Morgan fingerprint density at radius 1 is 0.800 bits per heavy atom. The predicted octanol–water partition coefficient (Wildman–Crippen LogP) is 7.73. The number of amides is 3. The summed E-state index contributed by atoms with van der Waals surface area (Å²) >= 11 is 1.69. The number of carbonyl (C=O) groups is 3. The fourth-order valence-electron chi connectivity index (χ4n) is 6.35. The van der Waals surface area contributed by atoms with Crippen LogP contribution in [0.25, 0.3) is 11.1 Å². The maximum absolute atomic E-state index is 12.9. The first kappa shape index (κ1) is 39.2. The van der Waals surface area contributed by atoms with Crippen LogP contribution in [-0.2, 0) is 43.4 Å². The predicted molar refractivity (Wildman–Crippen MR) is 213 cm³/mol. The van der Waals surface area contributed by atoms with Crippen molar-refractivity contribution in [3.05, 3.63) is 155 Å². The second-order valence-electron chi connectivity index (χ2n) is 13.3. The molecular weight excluding hydrogens is 715 g/mol. The van der Waals surface area contributed by atoms with Crippen LogP contribution in [0.15, 0.2) is 132 Å². The molecule has 0 radical (unpaired) electrons. The summed E-state index contributed by atoms with van der Waals surface area (Å²) in [6.45, 7) is 1.71. The summed E-state index contributed by atoms with van der Waals surface area (Å²) in [4.78, 5) is 37.8. The van der Waals surface area contributed by atoms with E-state index >= 15 is 0 Å². The van der Waals surface area contributed by atoms with Gasteiger partial charge in [0.05, 0.1) is 25.9 Å². The van der Waals surface area contributed by atoms with E-state index in [2.05, 4.69) is 22.0 Å². The lowest BCUT2D eigenvalue weighted by Gasteiger charge is -2.36. The normalized spacial score (nSPS) is 17.1. The van der Waals surface area contributed by atoms with Crippen LogP contribution in [0.4, 0.5) is 10.5 Å². The van der Waals surface area contributed by atoms with E-state index in [1.165, 1.54) is 14.0 Å².